The van der Waals surface area contributed by atoms with Crippen LogP contribution < -0.4 is 0 Å². The van der Waals surface area contributed by atoms with E-state index in [9.17, 15) is 0 Å². The van der Waals surface area contributed by atoms with Crippen LogP contribution in [-0.2, 0) is 13.0 Å². The quantitative estimate of drug-likeness (QED) is 0.775. The van der Waals surface area contributed by atoms with Crippen LogP contribution in [0.1, 0.15) is 18.4 Å². The fourth-order valence-corrected chi connectivity index (χ4v) is 2.29. The monoisotopic (exact) mass is 246 g/mol. The van der Waals surface area contributed by atoms with E-state index in [1.807, 2.05) is 18.7 Å². The lowest BCUT2D eigenvalue weighted by Crippen LogP contribution is -2.09. The van der Waals surface area contributed by atoms with E-state index >= 15 is 0 Å². The number of aryl methyl sites for hydroxylation is 1. The highest BCUT2D eigenvalue weighted by Gasteiger charge is 2.03. The first kappa shape index (κ1) is 12.2. The molecule has 3 heteroatoms. The molecule has 0 spiro atoms. The summed E-state index contributed by atoms with van der Waals surface area (Å²) in [5.74, 6) is 0. The molecule has 90 valence electrons. The smallest absolute Gasteiger partial charge is 0.0946 e. The van der Waals surface area contributed by atoms with Crippen LogP contribution >= 0.6 is 12.6 Å². The molecule has 2 nitrogen and oxygen atoms in total. The van der Waals surface area contributed by atoms with Crippen LogP contribution in [-0.4, -0.2) is 14.8 Å². The highest BCUT2D eigenvalue weighted by atomic mass is 32.1. The predicted molar refractivity (Wildman–Crippen MR) is 74.4 cm³/mol. The van der Waals surface area contributed by atoms with Gasteiger partial charge in [0.1, 0.15) is 0 Å². The highest BCUT2D eigenvalue weighted by Crippen LogP contribution is 2.11. The summed E-state index contributed by atoms with van der Waals surface area (Å²) in [4.78, 5) is 4.03. The van der Waals surface area contributed by atoms with Gasteiger partial charge in [0.05, 0.1) is 6.33 Å². The molecule has 1 aromatic heterocycles. The zero-order valence-corrected chi connectivity index (χ0v) is 10.8. The summed E-state index contributed by atoms with van der Waals surface area (Å²) in [5, 5.41) is 0.410. The lowest BCUT2D eigenvalue weighted by atomic mass is 10.1. The van der Waals surface area contributed by atoms with E-state index in [1.165, 1.54) is 12.0 Å². The number of hydrogen-bond donors (Lipinski definition) is 1. The second-order valence-electron chi connectivity index (χ2n) is 4.29. The van der Waals surface area contributed by atoms with Crippen LogP contribution in [0, 0.1) is 0 Å². The second kappa shape index (κ2) is 6.50. The average molecular weight is 246 g/mol. The number of hydrogen-bond acceptors (Lipinski definition) is 2. The Morgan fingerprint density at radius 1 is 1.24 bits per heavy atom. The Hall–Kier alpha value is -1.22. The molecule has 0 aliphatic rings. The number of thiol groups is 1. The number of aromatic nitrogens is 2. The number of imidazole rings is 1. The summed E-state index contributed by atoms with van der Waals surface area (Å²) < 4.78 is 2.08. The average Bonchev–Trinajstić information content (AvgIpc) is 2.83. The van der Waals surface area contributed by atoms with E-state index in [1.54, 1.807) is 0 Å². The van der Waals surface area contributed by atoms with E-state index in [0.717, 1.165) is 19.4 Å². The van der Waals surface area contributed by atoms with Gasteiger partial charge in [-0.25, -0.2) is 4.98 Å². The number of rotatable bonds is 6. The van der Waals surface area contributed by atoms with Crippen LogP contribution in [0.4, 0.5) is 0 Å². The molecular weight excluding hydrogens is 228 g/mol. The molecule has 0 aliphatic carbocycles. The SMILES string of the molecule is SC(CCCc1ccccc1)Cn1ccnc1. The summed E-state index contributed by atoms with van der Waals surface area (Å²) in [5.41, 5.74) is 1.41. The fraction of sp³-hybridized carbons (Fsp3) is 0.357. The first-order valence-electron chi connectivity index (χ1n) is 6.02. The van der Waals surface area contributed by atoms with Crippen molar-refractivity contribution in [2.24, 2.45) is 0 Å². The van der Waals surface area contributed by atoms with E-state index in [0.29, 0.717) is 5.25 Å². The summed E-state index contributed by atoms with van der Waals surface area (Å²) >= 11 is 4.61. The van der Waals surface area contributed by atoms with Gasteiger partial charge >= 0.3 is 0 Å². The Balaban J connectivity index is 1.68. The van der Waals surface area contributed by atoms with Crippen LogP contribution in [0.2, 0.25) is 0 Å². The molecule has 0 saturated carbocycles. The van der Waals surface area contributed by atoms with E-state index in [-0.39, 0.29) is 0 Å². The summed E-state index contributed by atoms with van der Waals surface area (Å²) in [7, 11) is 0. The topological polar surface area (TPSA) is 17.8 Å². The third-order valence-electron chi connectivity index (χ3n) is 2.83. The van der Waals surface area contributed by atoms with Crippen molar-refractivity contribution in [3.63, 3.8) is 0 Å². The Morgan fingerprint density at radius 2 is 2.06 bits per heavy atom. The molecule has 2 rings (SSSR count). The van der Waals surface area contributed by atoms with Gasteiger partial charge in [0.15, 0.2) is 0 Å². The summed E-state index contributed by atoms with van der Waals surface area (Å²) in [6, 6.07) is 10.6. The van der Waals surface area contributed by atoms with Crippen molar-refractivity contribution in [2.75, 3.05) is 0 Å². The molecule has 0 N–H and O–H groups in total. The van der Waals surface area contributed by atoms with Crippen molar-refractivity contribution in [3.8, 4) is 0 Å². The Kier molecular flexibility index (Phi) is 4.68. The number of benzene rings is 1. The minimum atomic E-state index is 0.410. The molecule has 1 atom stereocenters. The Labute approximate surface area is 108 Å². The number of nitrogens with zero attached hydrogens (tertiary/aromatic N) is 2. The molecule has 0 fully saturated rings. The maximum Gasteiger partial charge on any atom is 0.0946 e. The zero-order valence-electron chi connectivity index (χ0n) is 9.87. The van der Waals surface area contributed by atoms with Gasteiger partial charge in [0.25, 0.3) is 0 Å². The molecule has 0 saturated heterocycles. The van der Waals surface area contributed by atoms with Crippen LogP contribution in [0.3, 0.4) is 0 Å². The van der Waals surface area contributed by atoms with Crippen molar-refractivity contribution in [3.05, 3.63) is 54.6 Å². The molecule has 0 radical (unpaired) electrons. The largest absolute Gasteiger partial charge is 0.336 e. The van der Waals surface area contributed by atoms with Gasteiger partial charge in [-0.2, -0.15) is 12.6 Å². The third kappa shape index (κ3) is 4.27. The Bertz CT molecular complexity index is 411. The van der Waals surface area contributed by atoms with Gasteiger partial charge in [0.2, 0.25) is 0 Å². The van der Waals surface area contributed by atoms with Crippen molar-refractivity contribution in [2.45, 2.75) is 31.1 Å². The van der Waals surface area contributed by atoms with Gasteiger partial charge in [-0.1, -0.05) is 30.3 Å². The summed E-state index contributed by atoms with van der Waals surface area (Å²) in [6.07, 6.45) is 9.11. The van der Waals surface area contributed by atoms with Crippen LogP contribution in [0.25, 0.3) is 0 Å². The molecule has 1 unspecified atom stereocenters. The van der Waals surface area contributed by atoms with Crippen molar-refractivity contribution < 1.29 is 0 Å². The summed E-state index contributed by atoms with van der Waals surface area (Å²) in [6.45, 7) is 0.942. The normalized spacial score (nSPS) is 12.5. The van der Waals surface area contributed by atoms with Gasteiger partial charge < -0.3 is 4.57 Å². The van der Waals surface area contributed by atoms with Crippen LogP contribution in [0.5, 0.6) is 0 Å². The maximum absolute atomic E-state index is 4.61. The lowest BCUT2D eigenvalue weighted by molar-refractivity contribution is 0.604. The van der Waals surface area contributed by atoms with E-state index in [4.69, 9.17) is 0 Å². The first-order chi connectivity index (χ1) is 8.34. The maximum atomic E-state index is 4.61. The van der Waals surface area contributed by atoms with E-state index in [2.05, 4.69) is 52.5 Å². The molecule has 17 heavy (non-hydrogen) atoms. The van der Waals surface area contributed by atoms with E-state index < -0.39 is 0 Å². The Morgan fingerprint density at radius 3 is 2.76 bits per heavy atom. The van der Waals surface area contributed by atoms with Crippen molar-refractivity contribution in [1.29, 1.82) is 0 Å². The molecular formula is C14H18N2S. The molecule has 0 amide bonds. The van der Waals surface area contributed by atoms with Crippen LogP contribution in [0.15, 0.2) is 49.1 Å². The molecule has 0 aliphatic heterocycles. The molecule has 2 aromatic rings. The molecule has 1 heterocycles. The van der Waals surface area contributed by atoms with Crippen molar-refractivity contribution in [1.82, 2.24) is 9.55 Å². The zero-order chi connectivity index (χ0) is 11.9. The van der Waals surface area contributed by atoms with Gasteiger partial charge in [-0.3, -0.25) is 0 Å². The van der Waals surface area contributed by atoms with Gasteiger partial charge in [0, 0.05) is 24.2 Å². The fourth-order valence-electron chi connectivity index (χ4n) is 1.92. The molecule has 1 aromatic carbocycles. The third-order valence-corrected chi connectivity index (χ3v) is 3.25. The second-order valence-corrected chi connectivity index (χ2v) is 5.02. The predicted octanol–water partition coefficient (Wildman–Crippen LogP) is 3.20. The van der Waals surface area contributed by atoms with Crippen molar-refractivity contribution >= 4 is 12.6 Å². The van der Waals surface area contributed by atoms with Gasteiger partial charge in [-0.05, 0) is 24.8 Å². The first-order valence-corrected chi connectivity index (χ1v) is 6.54. The standard InChI is InChI=1S/C14H18N2S/c17-14(11-16-10-9-15-12-16)8-4-7-13-5-2-1-3-6-13/h1-3,5-6,9-10,12,14,17H,4,7-8,11H2. The minimum Gasteiger partial charge on any atom is -0.336 e. The highest BCUT2D eigenvalue weighted by molar-refractivity contribution is 7.80. The minimum absolute atomic E-state index is 0.410. The van der Waals surface area contributed by atoms with Gasteiger partial charge in [-0.15, -0.1) is 0 Å². The molecule has 0 bridgehead atoms. The lowest BCUT2D eigenvalue weighted by Gasteiger charge is -2.11.